The highest BCUT2D eigenvalue weighted by molar-refractivity contribution is 7.89. The minimum atomic E-state index is -3.56. The Hall–Kier alpha value is -1.40. The summed E-state index contributed by atoms with van der Waals surface area (Å²) in [6, 6.07) is 6.50. The summed E-state index contributed by atoms with van der Waals surface area (Å²) < 4.78 is 27.5. The number of carbonyl (C=O) groups excluding carboxylic acids is 1. The van der Waals surface area contributed by atoms with Crippen molar-refractivity contribution in [3.05, 3.63) is 24.3 Å². The van der Waals surface area contributed by atoms with Gasteiger partial charge in [-0.05, 0) is 101 Å². The van der Waals surface area contributed by atoms with Crippen molar-refractivity contribution in [1.82, 2.24) is 4.72 Å². The number of hydrogen-bond donors (Lipinski definition) is 2. The summed E-state index contributed by atoms with van der Waals surface area (Å²) in [6.45, 7) is 5.43. The fourth-order valence-electron chi connectivity index (χ4n) is 5.83. The lowest BCUT2D eigenvalue weighted by molar-refractivity contribution is -0.140. The van der Waals surface area contributed by atoms with Crippen molar-refractivity contribution >= 4 is 21.6 Å². The van der Waals surface area contributed by atoms with Crippen molar-refractivity contribution in [2.75, 3.05) is 5.32 Å². The lowest BCUT2D eigenvalue weighted by atomic mass is 9.49. The van der Waals surface area contributed by atoms with Gasteiger partial charge in [0.2, 0.25) is 15.9 Å². The third-order valence-electron chi connectivity index (χ3n) is 6.38. The molecule has 1 amide bonds. The molecule has 0 aromatic heterocycles. The Labute approximate surface area is 162 Å². The van der Waals surface area contributed by atoms with Crippen LogP contribution in [0.5, 0.6) is 0 Å². The molecular formula is C21H30N2O3S. The van der Waals surface area contributed by atoms with Crippen LogP contribution >= 0.6 is 0 Å². The van der Waals surface area contributed by atoms with E-state index in [2.05, 4.69) is 10.0 Å². The van der Waals surface area contributed by atoms with E-state index in [1.807, 2.05) is 20.8 Å². The second-order valence-electron chi connectivity index (χ2n) is 10.0. The van der Waals surface area contributed by atoms with Crippen LogP contribution in [0.2, 0.25) is 0 Å². The predicted octanol–water partition coefficient (Wildman–Crippen LogP) is 3.92. The number of sulfonamides is 1. The van der Waals surface area contributed by atoms with Crippen LogP contribution in [0.1, 0.15) is 59.3 Å². The molecule has 1 aromatic rings. The Balaban J connectivity index is 1.47. The second-order valence-corrected chi connectivity index (χ2v) is 11.7. The van der Waals surface area contributed by atoms with E-state index < -0.39 is 15.6 Å². The topological polar surface area (TPSA) is 75.3 Å². The average Bonchev–Trinajstić information content (AvgIpc) is 2.51. The van der Waals surface area contributed by atoms with Crippen LogP contribution in [0.15, 0.2) is 29.2 Å². The van der Waals surface area contributed by atoms with Crippen molar-refractivity contribution in [2.45, 2.75) is 69.7 Å². The van der Waals surface area contributed by atoms with Gasteiger partial charge in [-0.15, -0.1) is 0 Å². The Kier molecular flexibility index (Phi) is 4.43. The van der Waals surface area contributed by atoms with Crippen LogP contribution in [-0.2, 0) is 14.8 Å². The zero-order valence-electron chi connectivity index (χ0n) is 16.4. The average molecular weight is 391 g/mol. The van der Waals surface area contributed by atoms with Crippen LogP contribution < -0.4 is 10.0 Å². The summed E-state index contributed by atoms with van der Waals surface area (Å²) >= 11 is 0. The van der Waals surface area contributed by atoms with E-state index in [0.29, 0.717) is 5.69 Å². The van der Waals surface area contributed by atoms with Gasteiger partial charge in [-0.2, -0.15) is 0 Å². The third-order valence-corrected chi connectivity index (χ3v) is 8.16. The van der Waals surface area contributed by atoms with Crippen molar-refractivity contribution in [2.24, 2.45) is 23.2 Å². The van der Waals surface area contributed by atoms with Gasteiger partial charge in [0.05, 0.1) is 10.3 Å². The molecule has 0 saturated heterocycles. The fraction of sp³-hybridized carbons (Fsp3) is 0.667. The van der Waals surface area contributed by atoms with Gasteiger partial charge in [-0.1, -0.05) is 0 Å². The summed E-state index contributed by atoms with van der Waals surface area (Å²) in [7, 11) is -3.56. The maximum absolute atomic E-state index is 13.1. The van der Waals surface area contributed by atoms with E-state index in [1.165, 1.54) is 19.3 Å². The standard InChI is InChI=1S/C21H30N2O3S/c1-20(2,3)23-27(25,26)18-6-4-17(5-7-18)22-19(24)21-11-14-8-15(12-21)10-16(9-14)13-21/h4-7,14-16,23H,8-13H2,1-3H3,(H,22,24). The predicted molar refractivity (Wildman–Crippen MR) is 106 cm³/mol. The highest BCUT2D eigenvalue weighted by Crippen LogP contribution is 2.60. The molecule has 5 nitrogen and oxygen atoms in total. The largest absolute Gasteiger partial charge is 0.326 e. The number of rotatable bonds is 4. The first kappa shape index (κ1) is 18.9. The summed E-state index contributed by atoms with van der Waals surface area (Å²) in [6.07, 6.45) is 6.98. The number of benzene rings is 1. The maximum Gasteiger partial charge on any atom is 0.241 e. The van der Waals surface area contributed by atoms with Gasteiger partial charge in [-0.25, -0.2) is 13.1 Å². The van der Waals surface area contributed by atoms with Gasteiger partial charge in [-0.3, -0.25) is 4.79 Å². The third kappa shape index (κ3) is 3.79. The number of carbonyl (C=O) groups is 1. The van der Waals surface area contributed by atoms with E-state index in [0.717, 1.165) is 37.0 Å². The highest BCUT2D eigenvalue weighted by Gasteiger charge is 2.54. The van der Waals surface area contributed by atoms with Crippen molar-refractivity contribution in [3.8, 4) is 0 Å². The van der Waals surface area contributed by atoms with Gasteiger partial charge in [0.1, 0.15) is 0 Å². The molecule has 0 radical (unpaired) electrons. The van der Waals surface area contributed by atoms with Gasteiger partial charge >= 0.3 is 0 Å². The monoisotopic (exact) mass is 390 g/mol. The fourth-order valence-corrected chi connectivity index (χ4v) is 7.25. The summed E-state index contributed by atoms with van der Waals surface area (Å²) in [5.74, 6) is 2.29. The van der Waals surface area contributed by atoms with Crippen LogP contribution in [0, 0.1) is 23.2 Å². The van der Waals surface area contributed by atoms with Gasteiger partial charge < -0.3 is 5.32 Å². The van der Waals surface area contributed by atoms with Crippen molar-refractivity contribution in [1.29, 1.82) is 0 Å². The normalized spacial score (nSPS) is 32.5. The molecule has 4 aliphatic carbocycles. The highest BCUT2D eigenvalue weighted by atomic mass is 32.2. The Morgan fingerprint density at radius 1 is 0.963 bits per heavy atom. The molecular weight excluding hydrogens is 360 g/mol. The molecule has 1 aromatic carbocycles. The van der Waals surface area contributed by atoms with Gasteiger partial charge in [0, 0.05) is 11.2 Å². The van der Waals surface area contributed by atoms with E-state index in [-0.39, 0.29) is 16.2 Å². The second kappa shape index (κ2) is 6.31. The number of anilines is 1. The number of nitrogens with one attached hydrogen (secondary N) is 2. The quantitative estimate of drug-likeness (QED) is 0.818. The smallest absolute Gasteiger partial charge is 0.241 e. The van der Waals surface area contributed by atoms with E-state index in [4.69, 9.17) is 0 Å². The molecule has 0 atom stereocenters. The summed E-state index contributed by atoms with van der Waals surface area (Å²) in [4.78, 5) is 13.3. The molecule has 0 spiro atoms. The maximum atomic E-state index is 13.1. The number of hydrogen-bond acceptors (Lipinski definition) is 3. The van der Waals surface area contributed by atoms with Gasteiger partial charge in [0.25, 0.3) is 0 Å². The van der Waals surface area contributed by atoms with Crippen molar-refractivity contribution in [3.63, 3.8) is 0 Å². The zero-order chi connectivity index (χ0) is 19.4. The first-order valence-corrected chi connectivity index (χ1v) is 11.5. The van der Waals surface area contributed by atoms with E-state index >= 15 is 0 Å². The molecule has 0 unspecified atom stereocenters. The SMILES string of the molecule is CC(C)(C)NS(=O)(=O)c1ccc(NC(=O)C23CC4CC(CC(C4)C2)C3)cc1. The van der Waals surface area contributed by atoms with Crippen LogP contribution in [-0.4, -0.2) is 19.9 Å². The molecule has 0 heterocycles. The molecule has 2 N–H and O–H groups in total. The van der Waals surface area contributed by atoms with Crippen LogP contribution in [0.3, 0.4) is 0 Å². The Morgan fingerprint density at radius 3 is 1.89 bits per heavy atom. The Bertz CT molecular complexity index is 802. The molecule has 4 saturated carbocycles. The lowest BCUT2D eigenvalue weighted by Crippen LogP contribution is -2.51. The minimum absolute atomic E-state index is 0.130. The Morgan fingerprint density at radius 2 is 1.44 bits per heavy atom. The molecule has 148 valence electrons. The van der Waals surface area contributed by atoms with Crippen molar-refractivity contribution < 1.29 is 13.2 Å². The molecule has 5 rings (SSSR count). The number of amides is 1. The van der Waals surface area contributed by atoms with Crippen LogP contribution in [0.4, 0.5) is 5.69 Å². The summed E-state index contributed by atoms with van der Waals surface area (Å²) in [5.41, 5.74) is -0.0669. The van der Waals surface area contributed by atoms with Crippen LogP contribution in [0.25, 0.3) is 0 Å². The first-order chi connectivity index (χ1) is 12.5. The summed E-state index contributed by atoms with van der Waals surface area (Å²) in [5, 5.41) is 3.07. The lowest BCUT2D eigenvalue weighted by Gasteiger charge is -2.55. The molecule has 4 aliphatic rings. The first-order valence-electron chi connectivity index (χ1n) is 10.0. The molecule has 4 fully saturated rings. The molecule has 4 bridgehead atoms. The van der Waals surface area contributed by atoms with Gasteiger partial charge in [0.15, 0.2) is 0 Å². The van der Waals surface area contributed by atoms with E-state index in [9.17, 15) is 13.2 Å². The van der Waals surface area contributed by atoms with E-state index in [1.54, 1.807) is 24.3 Å². The minimum Gasteiger partial charge on any atom is -0.326 e. The molecule has 6 heteroatoms. The zero-order valence-corrected chi connectivity index (χ0v) is 17.2. The molecule has 0 aliphatic heterocycles. The molecule has 27 heavy (non-hydrogen) atoms.